The minimum absolute atomic E-state index is 0.0534. The molecular formula is C13H15N3O2S. The van der Waals surface area contributed by atoms with Gasteiger partial charge in [0.15, 0.2) is 5.13 Å². The number of anilines is 1. The van der Waals surface area contributed by atoms with Crippen molar-refractivity contribution in [2.45, 2.75) is 26.3 Å². The van der Waals surface area contributed by atoms with Crippen molar-refractivity contribution in [2.24, 2.45) is 0 Å². The molecule has 0 aliphatic carbocycles. The fourth-order valence-electron chi connectivity index (χ4n) is 1.63. The van der Waals surface area contributed by atoms with Crippen molar-refractivity contribution in [3.63, 3.8) is 0 Å². The Morgan fingerprint density at radius 2 is 2.05 bits per heavy atom. The maximum atomic E-state index is 10.5. The van der Waals surface area contributed by atoms with E-state index in [-0.39, 0.29) is 5.00 Å². The zero-order valence-electron chi connectivity index (χ0n) is 10.8. The second-order valence-electron chi connectivity index (χ2n) is 4.51. The molecule has 5 nitrogen and oxygen atoms in total. The van der Waals surface area contributed by atoms with E-state index < -0.39 is 4.92 Å². The third kappa shape index (κ3) is 3.51. The summed E-state index contributed by atoms with van der Waals surface area (Å²) in [6.45, 7) is 4.92. The largest absolute Gasteiger partial charge is 0.357 e. The summed E-state index contributed by atoms with van der Waals surface area (Å²) >= 11 is 1.05. The number of nitrogens with one attached hydrogen (secondary N) is 1. The van der Waals surface area contributed by atoms with Gasteiger partial charge in [-0.2, -0.15) is 0 Å². The van der Waals surface area contributed by atoms with Crippen molar-refractivity contribution in [2.75, 3.05) is 5.32 Å². The Morgan fingerprint density at radius 3 is 2.58 bits per heavy atom. The van der Waals surface area contributed by atoms with Crippen LogP contribution in [0.4, 0.5) is 10.1 Å². The van der Waals surface area contributed by atoms with Gasteiger partial charge in [-0.1, -0.05) is 38.1 Å². The molecule has 0 amide bonds. The number of rotatable bonds is 5. The number of aromatic nitrogens is 1. The zero-order valence-corrected chi connectivity index (χ0v) is 11.6. The van der Waals surface area contributed by atoms with E-state index in [1.54, 1.807) is 0 Å². The predicted octanol–water partition coefficient (Wildman–Crippen LogP) is 3.79. The average Bonchev–Trinajstić information content (AvgIpc) is 2.86. The third-order valence-corrected chi connectivity index (χ3v) is 3.67. The van der Waals surface area contributed by atoms with E-state index in [0.29, 0.717) is 17.6 Å². The maximum Gasteiger partial charge on any atom is 0.345 e. The van der Waals surface area contributed by atoms with Crippen LogP contribution < -0.4 is 5.32 Å². The predicted molar refractivity (Wildman–Crippen MR) is 76.6 cm³/mol. The normalized spacial score (nSPS) is 10.7. The van der Waals surface area contributed by atoms with Crippen molar-refractivity contribution in [3.05, 3.63) is 51.7 Å². The monoisotopic (exact) mass is 277 g/mol. The van der Waals surface area contributed by atoms with Gasteiger partial charge >= 0.3 is 5.00 Å². The molecule has 0 aliphatic rings. The Kier molecular flexibility index (Phi) is 4.11. The second kappa shape index (κ2) is 5.79. The summed E-state index contributed by atoms with van der Waals surface area (Å²) in [5.74, 6) is 0.517. The van der Waals surface area contributed by atoms with Crippen LogP contribution in [0.5, 0.6) is 0 Å². The van der Waals surface area contributed by atoms with E-state index in [1.165, 1.54) is 11.8 Å². The van der Waals surface area contributed by atoms with Gasteiger partial charge < -0.3 is 5.32 Å². The van der Waals surface area contributed by atoms with Crippen molar-refractivity contribution in [1.29, 1.82) is 0 Å². The second-order valence-corrected chi connectivity index (χ2v) is 5.52. The number of nitro groups is 1. The molecule has 0 radical (unpaired) electrons. The highest BCUT2D eigenvalue weighted by molar-refractivity contribution is 7.18. The first kappa shape index (κ1) is 13.5. The molecule has 0 unspecified atom stereocenters. The summed E-state index contributed by atoms with van der Waals surface area (Å²) in [5.41, 5.74) is 2.43. The van der Waals surface area contributed by atoms with Crippen molar-refractivity contribution >= 4 is 21.5 Å². The molecule has 19 heavy (non-hydrogen) atoms. The Hall–Kier alpha value is -1.95. The Balaban J connectivity index is 1.96. The van der Waals surface area contributed by atoms with E-state index in [9.17, 15) is 10.1 Å². The lowest BCUT2D eigenvalue weighted by atomic mass is 10.0. The summed E-state index contributed by atoms with van der Waals surface area (Å²) in [6.07, 6.45) is 1.27. The van der Waals surface area contributed by atoms with Crippen LogP contribution in [0, 0.1) is 10.1 Å². The molecule has 2 aromatic rings. The number of hydrogen-bond acceptors (Lipinski definition) is 5. The quantitative estimate of drug-likeness (QED) is 0.667. The Bertz CT molecular complexity index is 564. The van der Waals surface area contributed by atoms with E-state index in [2.05, 4.69) is 48.4 Å². The summed E-state index contributed by atoms with van der Waals surface area (Å²) in [6, 6.07) is 8.33. The van der Waals surface area contributed by atoms with Crippen LogP contribution in [-0.2, 0) is 6.54 Å². The number of nitrogens with zero attached hydrogens (tertiary/aromatic N) is 2. The highest BCUT2D eigenvalue weighted by Crippen LogP contribution is 2.25. The molecule has 0 saturated carbocycles. The molecule has 0 fully saturated rings. The number of thiazole rings is 1. The smallest absolute Gasteiger partial charge is 0.345 e. The van der Waals surface area contributed by atoms with Gasteiger partial charge in [0.25, 0.3) is 0 Å². The fourth-order valence-corrected chi connectivity index (χ4v) is 2.26. The SMILES string of the molecule is CC(C)c1ccc(CNc2ncc([N+](=O)[O-])s2)cc1. The van der Waals surface area contributed by atoms with Gasteiger partial charge in [-0.05, 0) is 28.4 Å². The first-order valence-electron chi connectivity index (χ1n) is 5.99. The van der Waals surface area contributed by atoms with Gasteiger partial charge in [-0.25, -0.2) is 4.98 Å². The van der Waals surface area contributed by atoms with Gasteiger partial charge in [-0.3, -0.25) is 10.1 Å². The van der Waals surface area contributed by atoms with Crippen molar-refractivity contribution < 1.29 is 4.92 Å². The van der Waals surface area contributed by atoms with Crippen LogP contribution in [0.25, 0.3) is 0 Å². The van der Waals surface area contributed by atoms with Gasteiger partial charge in [0.2, 0.25) is 0 Å². The summed E-state index contributed by atoms with van der Waals surface area (Å²) < 4.78 is 0. The van der Waals surface area contributed by atoms with E-state index >= 15 is 0 Å². The highest BCUT2D eigenvalue weighted by Gasteiger charge is 2.10. The minimum Gasteiger partial charge on any atom is -0.357 e. The van der Waals surface area contributed by atoms with Gasteiger partial charge in [-0.15, -0.1) is 0 Å². The lowest BCUT2D eigenvalue weighted by molar-refractivity contribution is -0.380. The van der Waals surface area contributed by atoms with E-state index in [0.717, 1.165) is 16.9 Å². The standard InChI is InChI=1S/C13H15N3O2S/c1-9(2)11-5-3-10(4-6-11)7-14-13-15-8-12(19-13)16(17)18/h3-6,8-9H,7H2,1-2H3,(H,14,15). The molecule has 0 bridgehead atoms. The molecule has 1 aromatic heterocycles. The molecule has 2 rings (SSSR count). The summed E-state index contributed by atoms with van der Waals surface area (Å²) in [4.78, 5) is 14.1. The Morgan fingerprint density at radius 1 is 1.37 bits per heavy atom. The van der Waals surface area contributed by atoms with Crippen LogP contribution in [-0.4, -0.2) is 9.91 Å². The molecule has 0 spiro atoms. The first-order valence-corrected chi connectivity index (χ1v) is 6.81. The number of hydrogen-bond donors (Lipinski definition) is 1. The van der Waals surface area contributed by atoms with Gasteiger partial charge in [0, 0.05) is 6.54 Å². The first-order chi connectivity index (χ1) is 9.06. The Labute approximate surface area is 115 Å². The zero-order chi connectivity index (χ0) is 13.8. The molecule has 0 saturated heterocycles. The highest BCUT2D eigenvalue weighted by atomic mass is 32.1. The minimum atomic E-state index is -0.430. The van der Waals surface area contributed by atoms with Gasteiger partial charge in [0.1, 0.15) is 6.20 Å². The lowest BCUT2D eigenvalue weighted by Crippen LogP contribution is -1.99. The average molecular weight is 277 g/mol. The lowest BCUT2D eigenvalue weighted by Gasteiger charge is -2.07. The fraction of sp³-hybridized carbons (Fsp3) is 0.308. The summed E-state index contributed by atoms with van der Waals surface area (Å²) in [5, 5.41) is 14.2. The van der Waals surface area contributed by atoms with Crippen LogP contribution in [0.15, 0.2) is 30.5 Å². The third-order valence-electron chi connectivity index (χ3n) is 2.76. The number of benzene rings is 1. The van der Waals surface area contributed by atoms with Gasteiger partial charge in [0.05, 0.1) is 4.92 Å². The van der Waals surface area contributed by atoms with Crippen LogP contribution >= 0.6 is 11.3 Å². The van der Waals surface area contributed by atoms with Crippen LogP contribution in [0.1, 0.15) is 30.9 Å². The molecular weight excluding hydrogens is 262 g/mol. The van der Waals surface area contributed by atoms with Crippen LogP contribution in [0.2, 0.25) is 0 Å². The maximum absolute atomic E-state index is 10.5. The molecule has 0 aliphatic heterocycles. The van der Waals surface area contributed by atoms with Crippen LogP contribution in [0.3, 0.4) is 0 Å². The molecule has 1 heterocycles. The van der Waals surface area contributed by atoms with E-state index in [1.807, 2.05) is 0 Å². The molecule has 100 valence electrons. The van der Waals surface area contributed by atoms with Crippen molar-refractivity contribution in [3.8, 4) is 0 Å². The van der Waals surface area contributed by atoms with Crippen molar-refractivity contribution in [1.82, 2.24) is 4.98 Å². The molecule has 1 aromatic carbocycles. The molecule has 6 heteroatoms. The molecule has 0 atom stereocenters. The van der Waals surface area contributed by atoms with E-state index in [4.69, 9.17) is 0 Å². The topological polar surface area (TPSA) is 68.1 Å². The molecule has 1 N–H and O–H groups in total. The summed E-state index contributed by atoms with van der Waals surface area (Å²) in [7, 11) is 0.